The first-order chi connectivity index (χ1) is 6.29. The third-order valence-electron chi connectivity index (χ3n) is 2.95. The molecule has 0 radical (unpaired) electrons. The average Bonchev–Trinajstić information content (AvgIpc) is 2.17. The summed E-state index contributed by atoms with van der Waals surface area (Å²) in [6, 6.07) is 0. The van der Waals surface area contributed by atoms with Gasteiger partial charge in [-0.2, -0.15) is 0 Å². The molecule has 0 amide bonds. The van der Waals surface area contributed by atoms with Gasteiger partial charge in [-0.15, -0.1) is 0 Å². The van der Waals surface area contributed by atoms with E-state index in [9.17, 15) is 0 Å². The summed E-state index contributed by atoms with van der Waals surface area (Å²) in [5.41, 5.74) is 3.16. The maximum atomic E-state index is 5.67. The van der Waals surface area contributed by atoms with Gasteiger partial charge in [0.2, 0.25) is 0 Å². The van der Waals surface area contributed by atoms with Crippen LogP contribution in [0.3, 0.4) is 0 Å². The molecule has 0 bridgehead atoms. The van der Waals surface area contributed by atoms with Gasteiger partial charge in [-0.1, -0.05) is 19.4 Å². The minimum atomic E-state index is 0.695. The van der Waals surface area contributed by atoms with Gasteiger partial charge in [-0.25, -0.2) is 0 Å². The van der Waals surface area contributed by atoms with Crippen LogP contribution in [-0.4, -0.2) is 6.61 Å². The van der Waals surface area contributed by atoms with E-state index in [4.69, 9.17) is 4.74 Å². The molecule has 0 unspecified atom stereocenters. The van der Waals surface area contributed by atoms with Crippen molar-refractivity contribution in [2.45, 2.75) is 39.5 Å². The van der Waals surface area contributed by atoms with Crippen molar-refractivity contribution >= 4 is 0 Å². The molecule has 0 saturated carbocycles. The molecule has 1 heteroatoms. The zero-order chi connectivity index (χ0) is 9.26. The zero-order valence-corrected chi connectivity index (χ0v) is 8.60. The van der Waals surface area contributed by atoms with Crippen LogP contribution in [0.4, 0.5) is 0 Å². The van der Waals surface area contributed by atoms with Gasteiger partial charge in [-0.3, -0.25) is 0 Å². The third-order valence-corrected chi connectivity index (χ3v) is 2.95. The van der Waals surface area contributed by atoms with Crippen molar-refractivity contribution < 1.29 is 4.74 Å². The maximum Gasteiger partial charge on any atom is 0.118 e. The number of hydrogen-bond donors (Lipinski definition) is 0. The summed E-state index contributed by atoms with van der Waals surface area (Å²) in [5, 5.41) is 0. The van der Waals surface area contributed by atoms with Crippen LogP contribution in [0, 0.1) is 5.92 Å². The fourth-order valence-electron chi connectivity index (χ4n) is 2.29. The summed E-state index contributed by atoms with van der Waals surface area (Å²) in [4.78, 5) is 0. The first kappa shape index (κ1) is 8.86. The Morgan fingerprint density at radius 3 is 2.92 bits per heavy atom. The Bertz CT molecular complexity index is 258. The summed E-state index contributed by atoms with van der Waals surface area (Å²) in [6.45, 7) is 5.50. The lowest BCUT2D eigenvalue weighted by Crippen LogP contribution is -2.14. The normalized spacial score (nSPS) is 22.5. The van der Waals surface area contributed by atoms with Crippen molar-refractivity contribution in [2.75, 3.05) is 6.61 Å². The van der Waals surface area contributed by atoms with Gasteiger partial charge in [0, 0.05) is 0 Å². The zero-order valence-electron chi connectivity index (χ0n) is 8.60. The lowest BCUT2D eigenvalue weighted by molar-refractivity contribution is 0.189. The third kappa shape index (κ3) is 1.65. The largest absolute Gasteiger partial charge is 0.494 e. The van der Waals surface area contributed by atoms with Crippen LogP contribution in [0.1, 0.15) is 39.5 Å². The van der Waals surface area contributed by atoms with Gasteiger partial charge >= 0.3 is 0 Å². The molecule has 1 fully saturated rings. The second-order valence-electron chi connectivity index (χ2n) is 4.22. The Morgan fingerprint density at radius 1 is 1.31 bits per heavy atom. The van der Waals surface area contributed by atoms with Gasteiger partial charge in [0.1, 0.15) is 5.76 Å². The van der Waals surface area contributed by atoms with Crippen molar-refractivity contribution in [1.29, 1.82) is 0 Å². The number of ether oxygens (including phenoxy) is 1. The van der Waals surface area contributed by atoms with E-state index < -0.39 is 0 Å². The molecule has 2 rings (SSSR count). The van der Waals surface area contributed by atoms with Crippen LogP contribution >= 0.6 is 0 Å². The molecular formula is C12H18O. The van der Waals surface area contributed by atoms with Crippen molar-refractivity contribution in [3.63, 3.8) is 0 Å². The SMILES string of the molecule is CC(C)C1=C2CCCOC2=CCC1. The highest BCUT2D eigenvalue weighted by Gasteiger charge is 2.21. The van der Waals surface area contributed by atoms with E-state index in [2.05, 4.69) is 19.9 Å². The molecule has 1 aliphatic carbocycles. The molecular weight excluding hydrogens is 160 g/mol. The van der Waals surface area contributed by atoms with E-state index in [1.807, 2.05) is 0 Å². The summed E-state index contributed by atoms with van der Waals surface area (Å²) in [7, 11) is 0. The maximum absolute atomic E-state index is 5.67. The molecule has 0 aromatic carbocycles. The average molecular weight is 178 g/mol. The molecule has 0 atom stereocenters. The standard InChI is InChI=1S/C12H18O/c1-9(2)10-5-3-7-12-11(10)6-4-8-13-12/h7,9H,3-6,8H2,1-2H3. The van der Waals surface area contributed by atoms with Gasteiger partial charge < -0.3 is 4.74 Å². The summed E-state index contributed by atoms with van der Waals surface area (Å²) >= 11 is 0. The highest BCUT2D eigenvalue weighted by atomic mass is 16.5. The minimum Gasteiger partial charge on any atom is -0.494 e. The summed E-state index contributed by atoms with van der Waals surface area (Å²) in [6.07, 6.45) is 7.12. The fourth-order valence-corrected chi connectivity index (χ4v) is 2.29. The second-order valence-corrected chi connectivity index (χ2v) is 4.22. The van der Waals surface area contributed by atoms with Crippen LogP contribution in [-0.2, 0) is 4.74 Å². The molecule has 1 saturated heterocycles. The predicted molar refractivity (Wildman–Crippen MR) is 54.4 cm³/mol. The first-order valence-corrected chi connectivity index (χ1v) is 5.34. The van der Waals surface area contributed by atoms with Gasteiger partial charge in [0.15, 0.2) is 0 Å². The van der Waals surface area contributed by atoms with Crippen LogP contribution in [0.15, 0.2) is 23.0 Å². The summed E-state index contributed by atoms with van der Waals surface area (Å²) < 4.78 is 5.67. The highest BCUT2D eigenvalue weighted by Crippen LogP contribution is 2.35. The van der Waals surface area contributed by atoms with Crippen molar-refractivity contribution in [2.24, 2.45) is 5.92 Å². The Balaban J connectivity index is 2.30. The van der Waals surface area contributed by atoms with Gasteiger partial charge in [-0.05, 0) is 43.3 Å². The van der Waals surface area contributed by atoms with E-state index >= 15 is 0 Å². The van der Waals surface area contributed by atoms with E-state index in [1.165, 1.54) is 37.0 Å². The smallest absolute Gasteiger partial charge is 0.118 e. The molecule has 0 N–H and O–H groups in total. The number of hydrogen-bond acceptors (Lipinski definition) is 1. The van der Waals surface area contributed by atoms with E-state index in [0.717, 1.165) is 6.61 Å². The van der Waals surface area contributed by atoms with Crippen molar-refractivity contribution in [3.05, 3.63) is 23.0 Å². The fraction of sp³-hybridized carbons (Fsp3) is 0.667. The van der Waals surface area contributed by atoms with E-state index in [0.29, 0.717) is 5.92 Å². The Labute approximate surface area is 80.5 Å². The molecule has 72 valence electrons. The van der Waals surface area contributed by atoms with Crippen LogP contribution in [0.2, 0.25) is 0 Å². The molecule has 1 nitrogen and oxygen atoms in total. The molecule has 13 heavy (non-hydrogen) atoms. The van der Waals surface area contributed by atoms with Crippen molar-refractivity contribution in [1.82, 2.24) is 0 Å². The lowest BCUT2D eigenvalue weighted by atomic mass is 9.85. The van der Waals surface area contributed by atoms with E-state index in [1.54, 1.807) is 5.57 Å². The molecule has 2 aliphatic rings. The van der Waals surface area contributed by atoms with Gasteiger partial charge in [0.25, 0.3) is 0 Å². The Kier molecular flexibility index (Phi) is 2.43. The molecule has 0 spiro atoms. The van der Waals surface area contributed by atoms with Crippen molar-refractivity contribution in [3.8, 4) is 0 Å². The van der Waals surface area contributed by atoms with Gasteiger partial charge in [0.05, 0.1) is 6.61 Å². The number of allylic oxidation sites excluding steroid dienone is 3. The van der Waals surface area contributed by atoms with Crippen LogP contribution in [0.5, 0.6) is 0 Å². The monoisotopic (exact) mass is 178 g/mol. The Hall–Kier alpha value is -0.720. The molecule has 0 aromatic heterocycles. The topological polar surface area (TPSA) is 9.23 Å². The molecule has 0 aromatic rings. The van der Waals surface area contributed by atoms with Crippen LogP contribution < -0.4 is 0 Å². The molecule has 1 heterocycles. The second kappa shape index (κ2) is 3.57. The minimum absolute atomic E-state index is 0.695. The lowest BCUT2D eigenvalue weighted by Gasteiger charge is -2.28. The number of fused-ring (bicyclic) bond motifs is 1. The van der Waals surface area contributed by atoms with Crippen LogP contribution in [0.25, 0.3) is 0 Å². The quantitative estimate of drug-likeness (QED) is 0.597. The predicted octanol–water partition coefficient (Wildman–Crippen LogP) is 3.43. The van der Waals surface area contributed by atoms with E-state index in [-0.39, 0.29) is 0 Å². The highest BCUT2D eigenvalue weighted by molar-refractivity contribution is 5.36. The Morgan fingerprint density at radius 2 is 2.15 bits per heavy atom. The number of rotatable bonds is 1. The first-order valence-electron chi connectivity index (χ1n) is 5.34. The summed E-state index contributed by atoms with van der Waals surface area (Å²) in [5.74, 6) is 1.89. The molecule has 1 aliphatic heterocycles.